The van der Waals surface area contributed by atoms with Crippen molar-refractivity contribution < 1.29 is 14.7 Å². The van der Waals surface area contributed by atoms with Gasteiger partial charge in [-0.15, -0.1) is 0 Å². The summed E-state index contributed by atoms with van der Waals surface area (Å²) in [5.74, 6) is -0.919. The SMILES string of the molecule is C=CC=O.O=C(O)c1ccncc1. The van der Waals surface area contributed by atoms with E-state index in [1.54, 1.807) is 0 Å². The number of hydrogen-bond acceptors (Lipinski definition) is 3. The largest absolute Gasteiger partial charge is 0.478 e. The molecule has 1 aromatic heterocycles. The van der Waals surface area contributed by atoms with Crippen LogP contribution in [0.2, 0.25) is 0 Å². The molecule has 0 radical (unpaired) electrons. The third kappa shape index (κ3) is 5.32. The van der Waals surface area contributed by atoms with Crippen LogP contribution in [0, 0.1) is 0 Å². The van der Waals surface area contributed by atoms with Crippen LogP contribution >= 0.6 is 0 Å². The molecule has 4 heteroatoms. The molecule has 0 aromatic carbocycles. The Bertz CT molecular complexity index is 276. The van der Waals surface area contributed by atoms with E-state index in [2.05, 4.69) is 11.6 Å². The minimum absolute atomic E-state index is 0.269. The minimum atomic E-state index is -0.919. The number of allylic oxidation sites excluding steroid dienone is 1. The van der Waals surface area contributed by atoms with Crippen molar-refractivity contribution in [1.29, 1.82) is 0 Å². The van der Waals surface area contributed by atoms with E-state index in [0.717, 1.165) is 0 Å². The van der Waals surface area contributed by atoms with Crippen molar-refractivity contribution in [3.63, 3.8) is 0 Å². The number of carboxylic acid groups (broad SMARTS) is 1. The van der Waals surface area contributed by atoms with Crippen LogP contribution in [0.3, 0.4) is 0 Å². The summed E-state index contributed by atoms with van der Waals surface area (Å²) in [5.41, 5.74) is 0.269. The van der Waals surface area contributed by atoms with E-state index >= 15 is 0 Å². The van der Waals surface area contributed by atoms with Gasteiger partial charge in [0.1, 0.15) is 6.29 Å². The Labute approximate surface area is 75.5 Å². The van der Waals surface area contributed by atoms with E-state index in [4.69, 9.17) is 9.90 Å². The third-order valence-electron chi connectivity index (χ3n) is 1.02. The van der Waals surface area contributed by atoms with Crippen LogP contribution in [-0.4, -0.2) is 22.3 Å². The molecule has 1 rings (SSSR count). The number of aromatic nitrogens is 1. The van der Waals surface area contributed by atoms with Gasteiger partial charge in [0.2, 0.25) is 0 Å². The van der Waals surface area contributed by atoms with Crippen LogP contribution in [0.1, 0.15) is 10.4 Å². The molecule has 0 saturated carbocycles. The van der Waals surface area contributed by atoms with Gasteiger partial charge in [-0.05, 0) is 18.2 Å². The zero-order valence-corrected chi connectivity index (χ0v) is 6.88. The van der Waals surface area contributed by atoms with E-state index < -0.39 is 5.97 Å². The Morgan fingerprint density at radius 1 is 1.46 bits per heavy atom. The maximum atomic E-state index is 10.2. The van der Waals surface area contributed by atoms with E-state index in [9.17, 15) is 4.79 Å². The smallest absolute Gasteiger partial charge is 0.335 e. The summed E-state index contributed by atoms with van der Waals surface area (Å²) in [7, 11) is 0. The van der Waals surface area contributed by atoms with Crippen molar-refractivity contribution in [3.05, 3.63) is 42.7 Å². The van der Waals surface area contributed by atoms with Crippen LogP contribution in [0.4, 0.5) is 0 Å². The molecular formula is C9H9NO3. The van der Waals surface area contributed by atoms with Gasteiger partial charge in [-0.3, -0.25) is 9.78 Å². The van der Waals surface area contributed by atoms with Gasteiger partial charge in [-0.2, -0.15) is 0 Å². The van der Waals surface area contributed by atoms with Gasteiger partial charge in [0.05, 0.1) is 5.56 Å². The zero-order valence-electron chi connectivity index (χ0n) is 6.88. The Morgan fingerprint density at radius 2 is 1.92 bits per heavy atom. The molecule has 0 aliphatic rings. The maximum absolute atomic E-state index is 10.2. The topological polar surface area (TPSA) is 67.3 Å². The summed E-state index contributed by atoms with van der Waals surface area (Å²) in [5, 5.41) is 8.36. The molecule has 0 aliphatic heterocycles. The Kier molecular flexibility index (Phi) is 5.70. The number of carbonyl (C=O) groups is 2. The second-order valence-corrected chi connectivity index (χ2v) is 1.91. The average molecular weight is 179 g/mol. The number of carbonyl (C=O) groups excluding carboxylic acids is 1. The van der Waals surface area contributed by atoms with E-state index in [1.165, 1.54) is 30.6 Å². The number of hydrogen-bond donors (Lipinski definition) is 1. The third-order valence-corrected chi connectivity index (χ3v) is 1.02. The van der Waals surface area contributed by atoms with E-state index in [-0.39, 0.29) is 5.56 Å². The predicted octanol–water partition coefficient (Wildman–Crippen LogP) is 1.15. The Morgan fingerprint density at radius 3 is 2.15 bits per heavy atom. The molecule has 1 heterocycles. The monoisotopic (exact) mass is 179 g/mol. The number of aromatic carboxylic acids is 1. The maximum Gasteiger partial charge on any atom is 0.335 e. The highest BCUT2D eigenvalue weighted by Gasteiger charge is 1.97. The number of rotatable bonds is 2. The lowest BCUT2D eigenvalue weighted by atomic mass is 10.3. The normalized spacial score (nSPS) is 7.69. The molecule has 0 bridgehead atoms. The van der Waals surface area contributed by atoms with Gasteiger partial charge in [-0.1, -0.05) is 6.58 Å². The fourth-order valence-electron chi connectivity index (χ4n) is 0.494. The summed E-state index contributed by atoms with van der Waals surface area (Å²) in [4.78, 5) is 22.9. The average Bonchev–Trinajstić information content (AvgIpc) is 2.19. The van der Waals surface area contributed by atoms with Gasteiger partial charge in [-0.25, -0.2) is 4.79 Å². The Hall–Kier alpha value is -1.97. The number of pyridine rings is 1. The lowest BCUT2D eigenvalue weighted by Crippen LogP contribution is -1.94. The first-order chi connectivity index (χ1) is 6.22. The van der Waals surface area contributed by atoms with Crippen molar-refractivity contribution in [2.75, 3.05) is 0 Å². The summed E-state index contributed by atoms with van der Waals surface area (Å²) >= 11 is 0. The van der Waals surface area contributed by atoms with Crippen LogP contribution in [-0.2, 0) is 4.79 Å². The van der Waals surface area contributed by atoms with Crippen molar-refractivity contribution in [2.24, 2.45) is 0 Å². The first-order valence-electron chi connectivity index (χ1n) is 3.42. The van der Waals surface area contributed by atoms with Gasteiger partial charge in [0, 0.05) is 12.4 Å². The summed E-state index contributed by atoms with van der Waals surface area (Å²) in [6.45, 7) is 3.11. The quantitative estimate of drug-likeness (QED) is 0.546. The number of carboxylic acids is 1. The molecule has 0 atom stereocenters. The summed E-state index contributed by atoms with van der Waals surface area (Å²) < 4.78 is 0. The fraction of sp³-hybridized carbons (Fsp3) is 0. The van der Waals surface area contributed by atoms with Crippen molar-refractivity contribution >= 4 is 12.3 Å². The van der Waals surface area contributed by atoms with Crippen molar-refractivity contribution in [1.82, 2.24) is 4.98 Å². The standard InChI is InChI=1S/C6H5NO2.C3H4O/c8-6(9)5-1-3-7-4-2-5;1-2-3-4/h1-4H,(H,8,9);2-3H,1H2. The molecular weight excluding hydrogens is 170 g/mol. The molecule has 1 aromatic rings. The molecule has 68 valence electrons. The molecule has 0 fully saturated rings. The molecule has 0 amide bonds. The highest BCUT2D eigenvalue weighted by Crippen LogP contribution is 1.93. The predicted molar refractivity (Wildman–Crippen MR) is 47.5 cm³/mol. The van der Waals surface area contributed by atoms with Crippen molar-refractivity contribution in [3.8, 4) is 0 Å². The highest BCUT2D eigenvalue weighted by atomic mass is 16.4. The van der Waals surface area contributed by atoms with Gasteiger partial charge >= 0.3 is 5.97 Å². The lowest BCUT2D eigenvalue weighted by Gasteiger charge is -1.87. The van der Waals surface area contributed by atoms with Gasteiger partial charge in [0.15, 0.2) is 0 Å². The molecule has 4 nitrogen and oxygen atoms in total. The summed E-state index contributed by atoms with van der Waals surface area (Å²) in [6.07, 6.45) is 4.73. The number of nitrogens with zero attached hydrogens (tertiary/aromatic N) is 1. The molecule has 0 saturated heterocycles. The molecule has 1 N–H and O–H groups in total. The fourth-order valence-corrected chi connectivity index (χ4v) is 0.494. The molecule has 13 heavy (non-hydrogen) atoms. The second kappa shape index (κ2) is 6.72. The number of aldehydes is 1. The van der Waals surface area contributed by atoms with E-state index in [1.807, 2.05) is 0 Å². The molecule has 0 spiro atoms. The van der Waals surface area contributed by atoms with Crippen LogP contribution in [0.5, 0.6) is 0 Å². The zero-order chi connectivity index (χ0) is 10.1. The molecule has 0 unspecified atom stereocenters. The van der Waals surface area contributed by atoms with Crippen molar-refractivity contribution in [2.45, 2.75) is 0 Å². The lowest BCUT2D eigenvalue weighted by molar-refractivity contribution is -0.104. The minimum Gasteiger partial charge on any atom is -0.478 e. The molecule has 0 aliphatic carbocycles. The van der Waals surface area contributed by atoms with Crippen LogP contribution in [0.25, 0.3) is 0 Å². The van der Waals surface area contributed by atoms with Gasteiger partial charge in [0.25, 0.3) is 0 Å². The second-order valence-electron chi connectivity index (χ2n) is 1.91. The highest BCUT2D eigenvalue weighted by molar-refractivity contribution is 5.87. The first-order valence-corrected chi connectivity index (χ1v) is 3.42. The Balaban J connectivity index is 0.000000310. The van der Waals surface area contributed by atoms with Gasteiger partial charge < -0.3 is 5.11 Å². The van der Waals surface area contributed by atoms with Crippen LogP contribution < -0.4 is 0 Å². The first kappa shape index (κ1) is 11.0. The van der Waals surface area contributed by atoms with Crippen LogP contribution in [0.15, 0.2) is 37.2 Å². The van der Waals surface area contributed by atoms with E-state index in [0.29, 0.717) is 6.29 Å². The summed E-state index contributed by atoms with van der Waals surface area (Å²) in [6, 6.07) is 2.89.